The van der Waals surface area contributed by atoms with Crippen molar-refractivity contribution in [3.63, 3.8) is 0 Å². The van der Waals surface area contributed by atoms with Gasteiger partial charge in [0.05, 0.1) is 6.54 Å². The van der Waals surface area contributed by atoms with Crippen LogP contribution in [0.25, 0.3) is 0 Å². The van der Waals surface area contributed by atoms with E-state index in [1.165, 1.54) is 0 Å². The first-order valence-electron chi connectivity index (χ1n) is 7.42. The van der Waals surface area contributed by atoms with Crippen LogP contribution in [-0.2, 0) is 4.79 Å². The highest BCUT2D eigenvalue weighted by atomic mass is 16.2. The van der Waals surface area contributed by atoms with Gasteiger partial charge in [0.2, 0.25) is 5.91 Å². The molecule has 1 aromatic carbocycles. The third kappa shape index (κ3) is 4.56. The second kappa shape index (κ2) is 7.22. The van der Waals surface area contributed by atoms with E-state index in [0.717, 1.165) is 18.7 Å². The number of benzene rings is 1. The van der Waals surface area contributed by atoms with Crippen molar-refractivity contribution in [3.8, 4) is 0 Å². The lowest BCUT2D eigenvalue weighted by molar-refractivity contribution is -0.123. The number of carbonyl (C=O) groups is 2. The van der Waals surface area contributed by atoms with Crippen LogP contribution in [0.1, 0.15) is 24.2 Å². The van der Waals surface area contributed by atoms with E-state index in [-0.39, 0.29) is 17.9 Å². The zero-order chi connectivity index (χ0) is 15.2. The minimum Gasteiger partial charge on any atom is -0.353 e. The summed E-state index contributed by atoms with van der Waals surface area (Å²) in [6.45, 7) is 7.13. The Labute approximate surface area is 125 Å². The summed E-state index contributed by atoms with van der Waals surface area (Å²) in [4.78, 5) is 28.0. The van der Waals surface area contributed by atoms with Gasteiger partial charge in [-0.05, 0) is 26.0 Å². The SMILES string of the molecule is CC(C)NC(=O)CN1CCN(C(=O)c2ccccc2)CC1. The summed E-state index contributed by atoms with van der Waals surface area (Å²) in [5.41, 5.74) is 0.725. The number of piperazine rings is 1. The smallest absolute Gasteiger partial charge is 0.253 e. The van der Waals surface area contributed by atoms with E-state index in [1.54, 1.807) is 0 Å². The quantitative estimate of drug-likeness (QED) is 0.898. The average molecular weight is 289 g/mol. The van der Waals surface area contributed by atoms with Gasteiger partial charge in [-0.15, -0.1) is 0 Å². The molecule has 1 aromatic rings. The summed E-state index contributed by atoms with van der Waals surface area (Å²) in [7, 11) is 0. The van der Waals surface area contributed by atoms with Crippen LogP contribution in [0.4, 0.5) is 0 Å². The topological polar surface area (TPSA) is 52.7 Å². The molecule has 0 aromatic heterocycles. The minimum atomic E-state index is 0.0489. The van der Waals surface area contributed by atoms with Crippen molar-refractivity contribution in [2.75, 3.05) is 32.7 Å². The molecular weight excluding hydrogens is 266 g/mol. The van der Waals surface area contributed by atoms with E-state index >= 15 is 0 Å². The molecule has 1 N–H and O–H groups in total. The average Bonchev–Trinajstić information content (AvgIpc) is 2.47. The first kappa shape index (κ1) is 15.5. The van der Waals surface area contributed by atoms with Crippen LogP contribution in [0.3, 0.4) is 0 Å². The van der Waals surface area contributed by atoms with Gasteiger partial charge in [-0.25, -0.2) is 0 Å². The molecule has 5 nitrogen and oxygen atoms in total. The van der Waals surface area contributed by atoms with Crippen molar-refractivity contribution in [1.82, 2.24) is 15.1 Å². The predicted octanol–water partition coefficient (Wildman–Crippen LogP) is 0.969. The number of hydrogen-bond donors (Lipinski definition) is 1. The van der Waals surface area contributed by atoms with E-state index in [9.17, 15) is 9.59 Å². The molecule has 1 aliphatic heterocycles. The molecule has 114 valence electrons. The Balaban J connectivity index is 1.81. The van der Waals surface area contributed by atoms with Crippen molar-refractivity contribution in [2.45, 2.75) is 19.9 Å². The number of rotatable bonds is 4. The van der Waals surface area contributed by atoms with Gasteiger partial charge >= 0.3 is 0 Å². The van der Waals surface area contributed by atoms with Gasteiger partial charge in [0, 0.05) is 37.8 Å². The molecule has 0 spiro atoms. The van der Waals surface area contributed by atoms with Gasteiger partial charge in [0.1, 0.15) is 0 Å². The summed E-state index contributed by atoms with van der Waals surface area (Å²) in [5, 5.41) is 2.89. The fraction of sp³-hybridized carbons (Fsp3) is 0.500. The van der Waals surface area contributed by atoms with Gasteiger partial charge in [0.25, 0.3) is 5.91 Å². The Bertz CT molecular complexity index is 480. The normalized spacial score (nSPS) is 16.0. The molecule has 1 aliphatic rings. The highest BCUT2D eigenvalue weighted by molar-refractivity contribution is 5.94. The van der Waals surface area contributed by atoms with Gasteiger partial charge < -0.3 is 10.2 Å². The van der Waals surface area contributed by atoms with Crippen molar-refractivity contribution in [2.24, 2.45) is 0 Å². The monoisotopic (exact) mass is 289 g/mol. The molecule has 0 radical (unpaired) electrons. The van der Waals surface area contributed by atoms with Gasteiger partial charge in [-0.1, -0.05) is 18.2 Å². The molecule has 0 unspecified atom stereocenters. The van der Waals surface area contributed by atoms with Gasteiger partial charge in [-0.3, -0.25) is 14.5 Å². The molecule has 5 heteroatoms. The number of hydrogen-bond acceptors (Lipinski definition) is 3. The number of amides is 2. The van der Waals surface area contributed by atoms with Crippen LogP contribution in [0.15, 0.2) is 30.3 Å². The first-order chi connectivity index (χ1) is 10.1. The summed E-state index contributed by atoms with van der Waals surface area (Å²) in [6.07, 6.45) is 0. The van der Waals surface area contributed by atoms with E-state index < -0.39 is 0 Å². The third-order valence-electron chi connectivity index (χ3n) is 3.50. The summed E-state index contributed by atoms with van der Waals surface area (Å²) >= 11 is 0. The van der Waals surface area contributed by atoms with Crippen LogP contribution < -0.4 is 5.32 Å². The molecule has 1 saturated heterocycles. The lowest BCUT2D eigenvalue weighted by Crippen LogP contribution is -2.51. The Morgan fingerprint density at radius 1 is 1.10 bits per heavy atom. The van der Waals surface area contributed by atoms with Crippen molar-refractivity contribution in [1.29, 1.82) is 0 Å². The third-order valence-corrected chi connectivity index (χ3v) is 3.50. The van der Waals surface area contributed by atoms with Crippen LogP contribution in [0.2, 0.25) is 0 Å². The molecule has 1 fully saturated rings. The molecule has 0 bridgehead atoms. The van der Waals surface area contributed by atoms with E-state index in [0.29, 0.717) is 19.6 Å². The molecule has 0 aliphatic carbocycles. The molecular formula is C16H23N3O2. The van der Waals surface area contributed by atoms with Crippen molar-refractivity contribution >= 4 is 11.8 Å². The molecule has 1 heterocycles. The van der Waals surface area contributed by atoms with Crippen LogP contribution in [-0.4, -0.2) is 60.4 Å². The highest BCUT2D eigenvalue weighted by Gasteiger charge is 2.23. The van der Waals surface area contributed by atoms with Gasteiger partial charge in [-0.2, -0.15) is 0 Å². The lowest BCUT2D eigenvalue weighted by Gasteiger charge is -2.34. The predicted molar refractivity (Wildman–Crippen MR) is 82.1 cm³/mol. The fourth-order valence-electron chi connectivity index (χ4n) is 2.44. The molecule has 2 rings (SSSR count). The summed E-state index contributed by atoms with van der Waals surface area (Å²) in [6, 6.07) is 9.50. The van der Waals surface area contributed by atoms with E-state index in [1.807, 2.05) is 49.1 Å². The van der Waals surface area contributed by atoms with E-state index in [2.05, 4.69) is 10.2 Å². The fourth-order valence-corrected chi connectivity index (χ4v) is 2.44. The maximum atomic E-state index is 12.3. The minimum absolute atomic E-state index is 0.0489. The van der Waals surface area contributed by atoms with Crippen LogP contribution in [0.5, 0.6) is 0 Å². The standard InChI is InChI=1S/C16H23N3O2/c1-13(2)17-15(20)12-18-8-10-19(11-9-18)16(21)14-6-4-3-5-7-14/h3-7,13H,8-12H2,1-2H3,(H,17,20). The molecule has 0 saturated carbocycles. The number of carbonyl (C=O) groups excluding carboxylic acids is 2. The van der Waals surface area contributed by atoms with Crippen molar-refractivity contribution < 1.29 is 9.59 Å². The zero-order valence-electron chi connectivity index (χ0n) is 12.7. The largest absolute Gasteiger partial charge is 0.353 e. The summed E-state index contributed by atoms with van der Waals surface area (Å²) in [5.74, 6) is 0.120. The zero-order valence-corrected chi connectivity index (χ0v) is 12.7. The number of nitrogens with zero attached hydrogens (tertiary/aromatic N) is 2. The Morgan fingerprint density at radius 3 is 2.29 bits per heavy atom. The maximum Gasteiger partial charge on any atom is 0.253 e. The Kier molecular flexibility index (Phi) is 5.33. The number of nitrogens with one attached hydrogen (secondary N) is 1. The molecule has 2 amide bonds. The second-order valence-corrected chi connectivity index (χ2v) is 5.66. The van der Waals surface area contributed by atoms with Crippen molar-refractivity contribution in [3.05, 3.63) is 35.9 Å². The van der Waals surface area contributed by atoms with Crippen LogP contribution in [0, 0.1) is 0 Å². The molecule has 21 heavy (non-hydrogen) atoms. The second-order valence-electron chi connectivity index (χ2n) is 5.66. The van der Waals surface area contributed by atoms with Crippen LogP contribution >= 0.6 is 0 Å². The highest BCUT2D eigenvalue weighted by Crippen LogP contribution is 2.08. The lowest BCUT2D eigenvalue weighted by atomic mass is 10.2. The molecule has 0 atom stereocenters. The summed E-state index contributed by atoms with van der Waals surface area (Å²) < 4.78 is 0. The maximum absolute atomic E-state index is 12.3. The van der Waals surface area contributed by atoms with Gasteiger partial charge in [0.15, 0.2) is 0 Å². The Morgan fingerprint density at radius 2 is 1.71 bits per heavy atom. The Hall–Kier alpha value is -1.88. The van der Waals surface area contributed by atoms with E-state index in [4.69, 9.17) is 0 Å². The first-order valence-corrected chi connectivity index (χ1v) is 7.42.